The molecule has 0 saturated carbocycles. The Labute approximate surface area is 219 Å². The highest BCUT2D eigenvalue weighted by molar-refractivity contribution is 9.10. The molecule has 3 aliphatic rings. The van der Waals surface area contributed by atoms with E-state index in [0.717, 1.165) is 29.9 Å². The third-order valence-electron chi connectivity index (χ3n) is 7.65. The zero-order valence-corrected chi connectivity index (χ0v) is 22.1. The van der Waals surface area contributed by atoms with Gasteiger partial charge in [0.2, 0.25) is 5.91 Å². The summed E-state index contributed by atoms with van der Waals surface area (Å²) in [6, 6.07) is 5.26. The number of aromatic nitrogens is 2. The summed E-state index contributed by atoms with van der Waals surface area (Å²) in [7, 11) is 0. The highest BCUT2D eigenvalue weighted by atomic mass is 79.9. The zero-order valence-electron chi connectivity index (χ0n) is 20.5. The van der Waals surface area contributed by atoms with Crippen LogP contribution in [0.1, 0.15) is 60.9 Å². The van der Waals surface area contributed by atoms with Crippen LogP contribution in [0.5, 0.6) is 0 Å². The van der Waals surface area contributed by atoms with Gasteiger partial charge in [-0.05, 0) is 58.8 Å². The first kappa shape index (κ1) is 25.5. The fourth-order valence-corrected chi connectivity index (χ4v) is 5.82. The van der Waals surface area contributed by atoms with Crippen molar-refractivity contribution in [2.45, 2.75) is 50.2 Å². The smallest absolute Gasteiger partial charge is 0.231 e. The van der Waals surface area contributed by atoms with Crippen LogP contribution in [0.15, 0.2) is 29.0 Å². The first-order valence-electron chi connectivity index (χ1n) is 12.7. The van der Waals surface area contributed by atoms with Crippen LogP contribution in [0.4, 0.5) is 10.2 Å². The minimum absolute atomic E-state index is 0.00707. The largest absolute Gasteiger partial charge is 0.387 e. The molecule has 1 aromatic carbocycles. The average Bonchev–Trinajstić information content (AvgIpc) is 3.20. The summed E-state index contributed by atoms with van der Waals surface area (Å²) < 4.78 is 20.2. The van der Waals surface area contributed by atoms with Crippen molar-refractivity contribution in [1.29, 1.82) is 0 Å². The summed E-state index contributed by atoms with van der Waals surface area (Å²) in [6.45, 7) is 6.39. The standard InChI is InChI=1S/C26H33BrFN5O3/c1-16-12-22(34)24-23(16)25(31-15-30-24)32-6-8-33(9-7-32)26(35)19(14-29-18-4-10-36-11-5-18)17-2-3-20(27)21(28)13-17/h2-3,13,15-16,18-19,22,29,34H,4-12,14H2,1H3/t16-,19?,22-/m1/s1. The van der Waals surface area contributed by atoms with E-state index in [4.69, 9.17) is 4.74 Å². The first-order chi connectivity index (χ1) is 17.4. The van der Waals surface area contributed by atoms with Gasteiger partial charge < -0.3 is 25.0 Å². The highest BCUT2D eigenvalue weighted by Gasteiger charge is 2.35. The molecule has 1 aliphatic carbocycles. The van der Waals surface area contributed by atoms with Gasteiger partial charge in [0.05, 0.1) is 22.2 Å². The molecule has 1 aromatic heterocycles. The van der Waals surface area contributed by atoms with E-state index >= 15 is 0 Å². The van der Waals surface area contributed by atoms with Crippen molar-refractivity contribution in [3.05, 3.63) is 51.6 Å². The molecule has 0 radical (unpaired) electrons. The number of nitrogens with one attached hydrogen (secondary N) is 1. The normalized spacial score (nSPS) is 23.6. The monoisotopic (exact) mass is 561 g/mol. The maximum absolute atomic E-state index is 14.4. The van der Waals surface area contributed by atoms with E-state index in [0.29, 0.717) is 68.4 Å². The number of aliphatic hydroxyl groups is 1. The number of anilines is 1. The number of fused-ring (bicyclic) bond motifs is 1. The van der Waals surface area contributed by atoms with Gasteiger partial charge in [0.1, 0.15) is 18.0 Å². The summed E-state index contributed by atoms with van der Waals surface area (Å²) in [5, 5.41) is 13.9. The second kappa shape index (κ2) is 11.1. The summed E-state index contributed by atoms with van der Waals surface area (Å²) in [4.78, 5) is 26.7. The second-order valence-corrected chi connectivity index (χ2v) is 10.8. The van der Waals surface area contributed by atoms with Crippen LogP contribution in [0.3, 0.4) is 0 Å². The molecule has 8 nitrogen and oxygen atoms in total. The third kappa shape index (κ3) is 5.27. The molecule has 0 spiro atoms. The first-order valence-corrected chi connectivity index (χ1v) is 13.5. The average molecular weight is 562 g/mol. The van der Waals surface area contributed by atoms with Crippen molar-refractivity contribution < 1.29 is 19.0 Å². The Morgan fingerprint density at radius 1 is 1.25 bits per heavy atom. The lowest BCUT2D eigenvalue weighted by Crippen LogP contribution is -2.52. The van der Waals surface area contributed by atoms with E-state index in [2.05, 4.69) is 43.0 Å². The predicted octanol–water partition coefficient (Wildman–Crippen LogP) is 3.12. The molecule has 2 aliphatic heterocycles. The van der Waals surface area contributed by atoms with Crippen LogP contribution >= 0.6 is 15.9 Å². The molecular weight excluding hydrogens is 529 g/mol. The van der Waals surface area contributed by atoms with Crippen molar-refractivity contribution in [3.8, 4) is 0 Å². The number of halogens is 2. The van der Waals surface area contributed by atoms with Crippen LogP contribution < -0.4 is 10.2 Å². The van der Waals surface area contributed by atoms with Crippen LogP contribution in [-0.4, -0.2) is 77.9 Å². The van der Waals surface area contributed by atoms with Gasteiger partial charge >= 0.3 is 0 Å². The van der Waals surface area contributed by atoms with E-state index in [1.165, 1.54) is 12.4 Å². The number of aliphatic hydroxyl groups excluding tert-OH is 1. The van der Waals surface area contributed by atoms with Gasteiger partial charge in [-0.3, -0.25) is 4.79 Å². The molecule has 1 amide bonds. The maximum Gasteiger partial charge on any atom is 0.231 e. The van der Waals surface area contributed by atoms with Crippen LogP contribution in [0, 0.1) is 5.82 Å². The predicted molar refractivity (Wildman–Crippen MR) is 138 cm³/mol. The molecule has 194 valence electrons. The number of ether oxygens (including phenoxy) is 1. The molecule has 1 unspecified atom stereocenters. The molecular formula is C26H33BrFN5O3. The summed E-state index contributed by atoms with van der Waals surface area (Å²) in [6.07, 6.45) is 3.45. The van der Waals surface area contributed by atoms with Gasteiger partial charge in [0.15, 0.2) is 0 Å². The quantitative estimate of drug-likeness (QED) is 0.560. The Balaban J connectivity index is 1.29. The van der Waals surface area contributed by atoms with E-state index in [9.17, 15) is 14.3 Å². The van der Waals surface area contributed by atoms with E-state index < -0.39 is 12.0 Å². The van der Waals surface area contributed by atoms with Gasteiger partial charge in [-0.1, -0.05) is 13.0 Å². The lowest BCUT2D eigenvalue weighted by atomic mass is 9.95. The summed E-state index contributed by atoms with van der Waals surface area (Å²) in [5.74, 6) is 0.228. The van der Waals surface area contributed by atoms with E-state index in [1.54, 1.807) is 6.07 Å². The molecule has 2 saturated heterocycles. The van der Waals surface area contributed by atoms with Gasteiger partial charge in [-0.25, -0.2) is 14.4 Å². The van der Waals surface area contributed by atoms with Gasteiger partial charge in [0.25, 0.3) is 0 Å². The molecule has 5 rings (SSSR count). The summed E-state index contributed by atoms with van der Waals surface area (Å²) >= 11 is 3.22. The number of amides is 1. The number of rotatable bonds is 6. The number of hydrogen-bond acceptors (Lipinski definition) is 7. The second-order valence-electron chi connectivity index (χ2n) is 9.98. The number of piperazine rings is 1. The molecule has 2 fully saturated rings. The molecule has 2 aromatic rings. The number of carbonyl (C=O) groups is 1. The lowest BCUT2D eigenvalue weighted by Gasteiger charge is -2.38. The molecule has 2 N–H and O–H groups in total. The number of hydrogen-bond donors (Lipinski definition) is 2. The Hall–Kier alpha value is -2.14. The van der Waals surface area contributed by atoms with Crippen molar-refractivity contribution in [2.75, 3.05) is 50.8 Å². The lowest BCUT2D eigenvalue weighted by molar-refractivity contribution is -0.133. The zero-order chi connectivity index (χ0) is 25.2. The minimum Gasteiger partial charge on any atom is -0.387 e. The Morgan fingerprint density at radius 3 is 2.72 bits per heavy atom. The summed E-state index contributed by atoms with van der Waals surface area (Å²) in [5.41, 5.74) is 2.43. The highest BCUT2D eigenvalue weighted by Crippen LogP contribution is 2.42. The third-order valence-corrected chi connectivity index (χ3v) is 8.29. The fourth-order valence-electron chi connectivity index (χ4n) is 5.58. The Bertz CT molecular complexity index is 1090. The topological polar surface area (TPSA) is 90.8 Å². The van der Waals surface area contributed by atoms with Crippen molar-refractivity contribution >= 4 is 27.7 Å². The molecule has 0 bridgehead atoms. The molecule has 3 atom stereocenters. The van der Waals surface area contributed by atoms with Crippen molar-refractivity contribution in [3.63, 3.8) is 0 Å². The maximum atomic E-state index is 14.4. The fraction of sp³-hybridized carbons (Fsp3) is 0.577. The van der Waals surface area contributed by atoms with Crippen molar-refractivity contribution in [1.82, 2.24) is 20.2 Å². The molecule has 3 heterocycles. The minimum atomic E-state index is -0.546. The van der Waals surface area contributed by atoms with Gasteiger partial charge in [0, 0.05) is 57.5 Å². The number of benzene rings is 1. The van der Waals surface area contributed by atoms with Crippen LogP contribution in [0.25, 0.3) is 0 Å². The molecule has 10 heteroatoms. The van der Waals surface area contributed by atoms with Crippen molar-refractivity contribution in [2.24, 2.45) is 0 Å². The Morgan fingerprint density at radius 2 is 2.00 bits per heavy atom. The molecule has 36 heavy (non-hydrogen) atoms. The van der Waals surface area contributed by atoms with Crippen LogP contribution in [0.2, 0.25) is 0 Å². The Kier molecular flexibility index (Phi) is 7.85. The number of carbonyl (C=O) groups excluding carboxylic acids is 1. The van der Waals surface area contributed by atoms with Crippen LogP contribution in [-0.2, 0) is 9.53 Å². The van der Waals surface area contributed by atoms with E-state index in [-0.39, 0.29) is 17.6 Å². The van der Waals surface area contributed by atoms with Gasteiger partial charge in [-0.15, -0.1) is 0 Å². The van der Waals surface area contributed by atoms with Gasteiger partial charge in [-0.2, -0.15) is 0 Å². The SMILES string of the molecule is C[C@@H]1C[C@@H](O)c2ncnc(N3CCN(C(=O)C(CNC4CCOCC4)c4ccc(Br)c(F)c4)CC3)c21. The number of nitrogens with zero attached hydrogens (tertiary/aromatic N) is 4. The van der Waals surface area contributed by atoms with E-state index in [1.807, 2.05) is 11.0 Å².